The van der Waals surface area contributed by atoms with Gasteiger partial charge < -0.3 is 9.64 Å². The third kappa shape index (κ3) is 3.72. The normalized spacial score (nSPS) is 17.2. The number of rotatable bonds is 4. The van der Waals surface area contributed by atoms with Crippen molar-refractivity contribution >= 4 is 6.41 Å². The highest BCUT2D eigenvalue weighted by molar-refractivity contribution is 5.61. The summed E-state index contributed by atoms with van der Waals surface area (Å²) >= 11 is 0. The molecule has 5 heteroatoms. The lowest BCUT2D eigenvalue weighted by Gasteiger charge is -2.30. The molecule has 1 saturated heterocycles. The van der Waals surface area contributed by atoms with Crippen LogP contribution in [-0.2, 0) is 4.79 Å². The van der Waals surface area contributed by atoms with Crippen molar-refractivity contribution in [2.45, 2.75) is 18.9 Å². The quantitative estimate of drug-likeness (QED) is 0.642. The van der Waals surface area contributed by atoms with E-state index >= 15 is 0 Å². The minimum atomic E-state index is -0.424. The lowest BCUT2D eigenvalue weighted by molar-refractivity contribution is -0.120. The van der Waals surface area contributed by atoms with Crippen LogP contribution in [0.5, 0.6) is 5.75 Å². The maximum Gasteiger partial charge on any atom is 0.209 e. The van der Waals surface area contributed by atoms with E-state index in [0.717, 1.165) is 25.8 Å². The molecule has 1 atom stereocenters. The van der Waals surface area contributed by atoms with E-state index in [1.54, 1.807) is 23.1 Å². The fourth-order valence-corrected chi connectivity index (χ4v) is 2.74. The number of carbonyl (C=O) groups excluding carboxylic acids is 1. The van der Waals surface area contributed by atoms with E-state index in [0.29, 0.717) is 29.2 Å². The summed E-state index contributed by atoms with van der Waals surface area (Å²) in [6.45, 7) is 1.24. The number of piperidine rings is 1. The number of likely N-dealkylation sites (tertiary alicyclic amines) is 1. The van der Waals surface area contributed by atoms with Gasteiger partial charge in [0.1, 0.15) is 23.4 Å². The third-order valence-electron chi connectivity index (χ3n) is 3.85. The lowest BCUT2D eigenvalue weighted by Crippen LogP contribution is -2.40. The van der Waals surface area contributed by atoms with Gasteiger partial charge in [0.25, 0.3) is 0 Å². The molecule has 1 radical (unpaired) electrons. The average Bonchev–Trinajstić information content (AvgIpc) is 2.61. The summed E-state index contributed by atoms with van der Waals surface area (Å²) in [5.74, 6) is 2.43. The van der Waals surface area contributed by atoms with Crippen LogP contribution in [0.25, 0.3) is 11.3 Å². The predicted octanol–water partition coefficient (Wildman–Crippen LogP) is 2.67. The second-order valence-corrected chi connectivity index (χ2v) is 5.63. The Labute approximate surface area is 140 Å². The molecule has 1 amide bonds. The first-order valence-electron chi connectivity index (χ1n) is 7.70. The van der Waals surface area contributed by atoms with Crippen LogP contribution in [0.4, 0.5) is 4.39 Å². The van der Waals surface area contributed by atoms with Gasteiger partial charge in [0.05, 0.1) is 12.2 Å². The van der Waals surface area contributed by atoms with E-state index in [2.05, 4.69) is 17.0 Å². The molecular weight excluding hydrogens is 307 g/mol. The number of pyridine rings is 1. The number of halogens is 1. The fourth-order valence-electron chi connectivity index (χ4n) is 2.74. The molecule has 3 rings (SSSR count). The highest BCUT2D eigenvalue weighted by Gasteiger charge is 2.20. The molecule has 4 nitrogen and oxygen atoms in total. The Kier molecular flexibility index (Phi) is 4.76. The molecule has 1 fully saturated rings. The van der Waals surface area contributed by atoms with E-state index in [4.69, 9.17) is 11.2 Å². The predicted molar refractivity (Wildman–Crippen MR) is 87.7 cm³/mol. The molecule has 0 saturated carbocycles. The first kappa shape index (κ1) is 16.0. The van der Waals surface area contributed by atoms with Crippen molar-refractivity contribution in [3.8, 4) is 29.4 Å². The molecule has 1 unspecified atom stereocenters. The SMILES string of the molecule is C#Cc1cc[c]c(-c2cc(F)cc(OC3CCCN(C=O)C3)c2)n1. The van der Waals surface area contributed by atoms with Crippen molar-refractivity contribution in [3.63, 3.8) is 0 Å². The van der Waals surface area contributed by atoms with Gasteiger partial charge in [-0.2, -0.15) is 0 Å². The van der Waals surface area contributed by atoms with Gasteiger partial charge in [-0.3, -0.25) is 4.79 Å². The Morgan fingerprint density at radius 2 is 2.33 bits per heavy atom. The molecule has 0 aliphatic carbocycles. The lowest BCUT2D eigenvalue weighted by atomic mass is 10.1. The second kappa shape index (κ2) is 7.14. The minimum Gasteiger partial charge on any atom is -0.488 e. The van der Waals surface area contributed by atoms with Gasteiger partial charge >= 0.3 is 0 Å². The molecule has 0 spiro atoms. The summed E-state index contributed by atoms with van der Waals surface area (Å²) in [5, 5.41) is 0. The Hall–Kier alpha value is -2.87. The topological polar surface area (TPSA) is 42.4 Å². The zero-order valence-corrected chi connectivity index (χ0v) is 13.0. The number of terminal acetylenes is 1. The fraction of sp³-hybridized carbons (Fsp3) is 0.263. The van der Waals surface area contributed by atoms with Crippen LogP contribution in [-0.4, -0.2) is 35.5 Å². The van der Waals surface area contributed by atoms with Crippen molar-refractivity contribution in [1.29, 1.82) is 0 Å². The van der Waals surface area contributed by atoms with Gasteiger partial charge in [0, 0.05) is 24.2 Å². The zero-order valence-electron chi connectivity index (χ0n) is 13.0. The monoisotopic (exact) mass is 323 g/mol. The number of amides is 1. The molecule has 121 valence electrons. The maximum absolute atomic E-state index is 14.0. The van der Waals surface area contributed by atoms with Crippen LogP contribution in [0.15, 0.2) is 30.3 Å². The number of benzene rings is 1. The van der Waals surface area contributed by atoms with E-state index in [1.165, 1.54) is 12.1 Å². The summed E-state index contributed by atoms with van der Waals surface area (Å²) in [4.78, 5) is 16.8. The standard InChI is InChI=1S/C19H16FN2O2/c1-2-16-5-3-7-19(21-16)14-9-15(20)11-18(10-14)24-17-6-4-8-22(12-17)13-23/h1,3,5,9-11,13,17H,4,6,8,12H2. The molecule has 1 aromatic carbocycles. The highest BCUT2D eigenvalue weighted by Crippen LogP contribution is 2.26. The summed E-state index contributed by atoms with van der Waals surface area (Å²) in [6, 6.07) is 10.7. The molecule has 1 aromatic heterocycles. The Bertz CT molecular complexity index is 785. The van der Waals surface area contributed by atoms with Gasteiger partial charge in [-0.1, -0.05) is 5.92 Å². The smallest absolute Gasteiger partial charge is 0.209 e. The summed E-state index contributed by atoms with van der Waals surface area (Å²) in [6.07, 6.45) is 7.71. The number of nitrogens with zero attached hydrogens (tertiary/aromatic N) is 2. The van der Waals surface area contributed by atoms with Crippen LogP contribution in [0.3, 0.4) is 0 Å². The molecule has 0 bridgehead atoms. The van der Waals surface area contributed by atoms with E-state index in [1.807, 2.05) is 0 Å². The van der Waals surface area contributed by atoms with Gasteiger partial charge in [0.2, 0.25) is 6.41 Å². The van der Waals surface area contributed by atoms with Gasteiger partial charge in [-0.25, -0.2) is 9.37 Å². The number of aromatic nitrogens is 1. The highest BCUT2D eigenvalue weighted by atomic mass is 19.1. The zero-order chi connectivity index (χ0) is 16.9. The largest absolute Gasteiger partial charge is 0.488 e. The van der Waals surface area contributed by atoms with E-state index < -0.39 is 5.82 Å². The Morgan fingerprint density at radius 1 is 1.46 bits per heavy atom. The van der Waals surface area contributed by atoms with E-state index in [9.17, 15) is 9.18 Å². The number of carbonyl (C=O) groups is 1. The van der Waals surface area contributed by atoms with E-state index in [-0.39, 0.29) is 6.10 Å². The Balaban J connectivity index is 1.83. The molecule has 1 aliphatic heterocycles. The van der Waals surface area contributed by atoms with Gasteiger partial charge in [0.15, 0.2) is 0 Å². The van der Waals surface area contributed by atoms with Crippen LogP contribution in [0.2, 0.25) is 0 Å². The first-order chi connectivity index (χ1) is 11.7. The minimum absolute atomic E-state index is 0.146. The number of hydrogen-bond donors (Lipinski definition) is 0. The first-order valence-corrected chi connectivity index (χ1v) is 7.70. The molecule has 1 aliphatic rings. The Morgan fingerprint density at radius 3 is 3.12 bits per heavy atom. The summed E-state index contributed by atoms with van der Waals surface area (Å²) in [7, 11) is 0. The maximum atomic E-state index is 14.0. The van der Waals surface area contributed by atoms with Crippen molar-refractivity contribution < 1.29 is 13.9 Å². The molecule has 0 N–H and O–H groups in total. The van der Waals surface area contributed by atoms with Crippen LogP contribution in [0.1, 0.15) is 18.5 Å². The molecule has 2 aromatic rings. The van der Waals surface area contributed by atoms with Gasteiger partial charge in [-0.05, 0) is 37.1 Å². The van der Waals surface area contributed by atoms with Crippen molar-refractivity contribution in [3.05, 3.63) is 47.9 Å². The van der Waals surface area contributed by atoms with Crippen LogP contribution < -0.4 is 4.74 Å². The van der Waals surface area contributed by atoms with Crippen molar-refractivity contribution in [2.75, 3.05) is 13.1 Å². The second-order valence-electron chi connectivity index (χ2n) is 5.63. The number of ether oxygens (including phenoxy) is 1. The molecular formula is C19H16FN2O2. The van der Waals surface area contributed by atoms with Crippen molar-refractivity contribution in [1.82, 2.24) is 9.88 Å². The molecule has 2 heterocycles. The van der Waals surface area contributed by atoms with Crippen LogP contribution >= 0.6 is 0 Å². The van der Waals surface area contributed by atoms with Gasteiger partial charge in [-0.15, -0.1) is 6.42 Å². The van der Waals surface area contributed by atoms with Crippen LogP contribution in [0, 0.1) is 24.2 Å². The average molecular weight is 323 g/mol. The summed E-state index contributed by atoms with van der Waals surface area (Å²) < 4.78 is 19.8. The third-order valence-corrected chi connectivity index (χ3v) is 3.85. The summed E-state index contributed by atoms with van der Waals surface area (Å²) in [5.41, 5.74) is 1.47. The van der Waals surface area contributed by atoms with Crippen molar-refractivity contribution in [2.24, 2.45) is 0 Å². The number of hydrogen-bond acceptors (Lipinski definition) is 3. The molecule has 24 heavy (non-hydrogen) atoms.